The van der Waals surface area contributed by atoms with Crippen molar-refractivity contribution < 1.29 is 9.47 Å². The van der Waals surface area contributed by atoms with Crippen LogP contribution in [0.3, 0.4) is 0 Å². The maximum atomic E-state index is 5.86. The van der Waals surface area contributed by atoms with Crippen LogP contribution in [-0.4, -0.2) is 38.5 Å². The molecule has 1 fully saturated rings. The highest BCUT2D eigenvalue weighted by atomic mass is 16.5. The van der Waals surface area contributed by atoms with E-state index in [0.29, 0.717) is 12.0 Å². The predicted octanol–water partition coefficient (Wildman–Crippen LogP) is 2.60. The van der Waals surface area contributed by atoms with Gasteiger partial charge in [0.25, 0.3) is 0 Å². The average Bonchev–Trinajstić information content (AvgIpc) is 3.08. The van der Waals surface area contributed by atoms with E-state index in [1.807, 2.05) is 0 Å². The molecule has 0 amide bonds. The Kier molecular flexibility index (Phi) is 7.82. The van der Waals surface area contributed by atoms with Crippen molar-refractivity contribution in [3.63, 3.8) is 0 Å². The van der Waals surface area contributed by atoms with Crippen LogP contribution in [0.2, 0.25) is 0 Å². The van der Waals surface area contributed by atoms with Gasteiger partial charge in [0.2, 0.25) is 0 Å². The molecular weight excluding hydrogens is 214 g/mol. The number of nitrogens with one attached hydrogen (secondary N) is 1. The monoisotopic (exact) mass is 243 g/mol. The Morgan fingerprint density at radius 3 is 2.59 bits per heavy atom. The third-order valence-corrected chi connectivity index (χ3v) is 2.85. The SMILES string of the molecule is CCCC(CNC1CC1)OCCOCC(C)C. The van der Waals surface area contributed by atoms with Gasteiger partial charge in [-0.25, -0.2) is 0 Å². The molecule has 1 atom stereocenters. The van der Waals surface area contributed by atoms with Crippen molar-refractivity contribution in [3.05, 3.63) is 0 Å². The van der Waals surface area contributed by atoms with Gasteiger partial charge >= 0.3 is 0 Å². The van der Waals surface area contributed by atoms with E-state index in [9.17, 15) is 0 Å². The minimum atomic E-state index is 0.364. The van der Waals surface area contributed by atoms with Crippen molar-refractivity contribution in [1.29, 1.82) is 0 Å². The molecule has 0 aromatic heterocycles. The molecule has 0 heterocycles. The van der Waals surface area contributed by atoms with Crippen LogP contribution < -0.4 is 5.32 Å². The second-order valence-corrected chi connectivity index (χ2v) is 5.43. The Hall–Kier alpha value is -0.120. The van der Waals surface area contributed by atoms with E-state index in [4.69, 9.17) is 9.47 Å². The summed E-state index contributed by atoms with van der Waals surface area (Å²) in [5.74, 6) is 0.609. The molecule has 0 radical (unpaired) electrons. The molecule has 1 N–H and O–H groups in total. The van der Waals surface area contributed by atoms with Gasteiger partial charge in [-0.1, -0.05) is 27.2 Å². The zero-order chi connectivity index (χ0) is 12.5. The van der Waals surface area contributed by atoms with Gasteiger partial charge in [-0.15, -0.1) is 0 Å². The van der Waals surface area contributed by atoms with Crippen LogP contribution in [0, 0.1) is 5.92 Å². The molecule has 1 aliphatic carbocycles. The van der Waals surface area contributed by atoms with Crippen LogP contribution >= 0.6 is 0 Å². The van der Waals surface area contributed by atoms with E-state index in [2.05, 4.69) is 26.1 Å². The normalized spacial score (nSPS) is 17.6. The quantitative estimate of drug-likeness (QED) is 0.566. The number of ether oxygens (including phenoxy) is 2. The molecular formula is C14H29NO2. The molecule has 0 spiro atoms. The summed E-state index contributed by atoms with van der Waals surface area (Å²) >= 11 is 0. The molecule has 102 valence electrons. The molecule has 0 aromatic carbocycles. The third-order valence-electron chi connectivity index (χ3n) is 2.85. The van der Waals surface area contributed by atoms with Gasteiger partial charge < -0.3 is 14.8 Å². The fourth-order valence-electron chi connectivity index (χ4n) is 1.74. The van der Waals surface area contributed by atoms with Crippen molar-refractivity contribution in [1.82, 2.24) is 5.32 Å². The molecule has 0 bridgehead atoms. The lowest BCUT2D eigenvalue weighted by Crippen LogP contribution is -2.31. The van der Waals surface area contributed by atoms with Crippen LogP contribution in [0.5, 0.6) is 0 Å². The molecule has 1 aliphatic rings. The number of hydrogen-bond acceptors (Lipinski definition) is 3. The number of rotatable bonds is 11. The largest absolute Gasteiger partial charge is 0.379 e. The van der Waals surface area contributed by atoms with Gasteiger partial charge in [-0.2, -0.15) is 0 Å². The zero-order valence-electron chi connectivity index (χ0n) is 11.7. The standard InChI is InChI=1S/C14H29NO2/c1-4-5-14(10-15-13-6-7-13)17-9-8-16-11-12(2)3/h12-15H,4-11H2,1-3H3. The van der Waals surface area contributed by atoms with E-state index in [-0.39, 0.29) is 0 Å². The van der Waals surface area contributed by atoms with Crippen LogP contribution in [0.15, 0.2) is 0 Å². The predicted molar refractivity (Wildman–Crippen MR) is 71.3 cm³/mol. The maximum absolute atomic E-state index is 5.86. The Bertz CT molecular complexity index is 181. The fourth-order valence-corrected chi connectivity index (χ4v) is 1.74. The molecule has 0 saturated heterocycles. The summed E-state index contributed by atoms with van der Waals surface area (Å²) in [5, 5.41) is 3.53. The van der Waals surface area contributed by atoms with Gasteiger partial charge in [0, 0.05) is 19.2 Å². The van der Waals surface area contributed by atoms with E-state index in [1.54, 1.807) is 0 Å². The molecule has 1 saturated carbocycles. The van der Waals surface area contributed by atoms with Crippen LogP contribution in [-0.2, 0) is 9.47 Å². The van der Waals surface area contributed by atoms with Gasteiger partial charge in [0.1, 0.15) is 0 Å². The second kappa shape index (κ2) is 8.90. The molecule has 1 unspecified atom stereocenters. The lowest BCUT2D eigenvalue weighted by Gasteiger charge is -2.18. The van der Waals surface area contributed by atoms with Gasteiger partial charge in [-0.3, -0.25) is 0 Å². The molecule has 0 aliphatic heterocycles. The summed E-state index contributed by atoms with van der Waals surface area (Å²) < 4.78 is 11.4. The summed E-state index contributed by atoms with van der Waals surface area (Å²) in [4.78, 5) is 0. The van der Waals surface area contributed by atoms with Crippen molar-refractivity contribution >= 4 is 0 Å². The Balaban J connectivity index is 1.97. The van der Waals surface area contributed by atoms with E-state index < -0.39 is 0 Å². The minimum Gasteiger partial charge on any atom is -0.379 e. The third kappa shape index (κ3) is 8.58. The van der Waals surface area contributed by atoms with Crippen molar-refractivity contribution in [3.8, 4) is 0 Å². The fraction of sp³-hybridized carbons (Fsp3) is 1.00. The Labute approximate surface area is 106 Å². The topological polar surface area (TPSA) is 30.5 Å². The summed E-state index contributed by atoms with van der Waals surface area (Å²) in [6.07, 6.45) is 5.38. The molecule has 3 heteroatoms. The molecule has 3 nitrogen and oxygen atoms in total. The molecule has 0 aromatic rings. The average molecular weight is 243 g/mol. The van der Waals surface area contributed by atoms with Gasteiger partial charge in [-0.05, 0) is 25.2 Å². The Morgan fingerprint density at radius 2 is 2.00 bits per heavy atom. The Morgan fingerprint density at radius 1 is 1.24 bits per heavy atom. The summed E-state index contributed by atoms with van der Waals surface area (Å²) in [5.41, 5.74) is 0. The number of hydrogen-bond donors (Lipinski definition) is 1. The molecule has 1 rings (SSSR count). The highest BCUT2D eigenvalue weighted by molar-refractivity contribution is 4.82. The summed E-state index contributed by atoms with van der Waals surface area (Å²) in [6.45, 7) is 9.83. The van der Waals surface area contributed by atoms with Crippen molar-refractivity contribution in [2.45, 2.75) is 58.6 Å². The van der Waals surface area contributed by atoms with E-state index >= 15 is 0 Å². The lowest BCUT2D eigenvalue weighted by molar-refractivity contribution is -0.00361. The van der Waals surface area contributed by atoms with Crippen LogP contribution in [0.25, 0.3) is 0 Å². The summed E-state index contributed by atoms with van der Waals surface area (Å²) in [6, 6.07) is 0.773. The first-order valence-electron chi connectivity index (χ1n) is 7.15. The first-order chi connectivity index (χ1) is 8.22. The second-order valence-electron chi connectivity index (χ2n) is 5.43. The van der Waals surface area contributed by atoms with Crippen LogP contribution in [0.4, 0.5) is 0 Å². The molecule has 17 heavy (non-hydrogen) atoms. The highest BCUT2D eigenvalue weighted by Crippen LogP contribution is 2.18. The summed E-state index contributed by atoms with van der Waals surface area (Å²) in [7, 11) is 0. The minimum absolute atomic E-state index is 0.364. The maximum Gasteiger partial charge on any atom is 0.0704 e. The zero-order valence-corrected chi connectivity index (χ0v) is 11.7. The smallest absolute Gasteiger partial charge is 0.0704 e. The highest BCUT2D eigenvalue weighted by Gasteiger charge is 2.21. The van der Waals surface area contributed by atoms with E-state index in [1.165, 1.54) is 19.3 Å². The van der Waals surface area contributed by atoms with Gasteiger partial charge in [0.05, 0.1) is 19.3 Å². The van der Waals surface area contributed by atoms with E-state index in [0.717, 1.165) is 38.8 Å². The van der Waals surface area contributed by atoms with Crippen molar-refractivity contribution in [2.24, 2.45) is 5.92 Å². The van der Waals surface area contributed by atoms with Crippen molar-refractivity contribution in [2.75, 3.05) is 26.4 Å². The van der Waals surface area contributed by atoms with Gasteiger partial charge in [0.15, 0.2) is 0 Å². The lowest BCUT2D eigenvalue weighted by atomic mass is 10.2. The van der Waals surface area contributed by atoms with Crippen LogP contribution in [0.1, 0.15) is 46.5 Å². The first-order valence-corrected chi connectivity index (χ1v) is 7.15. The first kappa shape index (κ1) is 14.9.